The van der Waals surface area contributed by atoms with Crippen LogP contribution in [0.25, 0.3) is 5.95 Å². The van der Waals surface area contributed by atoms with Crippen molar-refractivity contribution in [3.05, 3.63) is 18.5 Å². The predicted molar refractivity (Wildman–Crippen MR) is 78.0 cm³/mol. The standard InChI is InChI=1S/C13H19N7O/c1-21-8-5-13(3-4-13)9-15-11-17-10(14)18-12(19-11)20-7-2-6-16-20/h2,6-7H,3-5,8-9H2,1H3,(H3,14,15,17,18,19). The molecule has 112 valence electrons. The third-order valence-corrected chi connectivity index (χ3v) is 3.77. The van der Waals surface area contributed by atoms with Crippen LogP contribution in [0.2, 0.25) is 0 Å². The number of hydrogen-bond donors (Lipinski definition) is 2. The topological polar surface area (TPSA) is 104 Å². The Kier molecular flexibility index (Phi) is 3.70. The predicted octanol–water partition coefficient (Wildman–Crippen LogP) is 0.868. The molecule has 0 spiro atoms. The first-order valence-corrected chi connectivity index (χ1v) is 6.95. The van der Waals surface area contributed by atoms with Crippen molar-refractivity contribution in [1.82, 2.24) is 24.7 Å². The van der Waals surface area contributed by atoms with Crippen LogP contribution >= 0.6 is 0 Å². The summed E-state index contributed by atoms with van der Waals surface area (Å²) in [6.07, 6.45) is 6.88. The highest BCUT2D eigenvalue weighted by Crippen LogP contribution is 2.48. The summed E-state index contributed by atoms with van der Waals surface area (Å²) < 4.78 is 6.71. The van der Waals surface area contributed by atoms with Crippen LogP contribution in [-0.2, 0) is 4.74 Å². The van der Waals surface area contributed by atoms with Gasteiger partial charge in [0.2, 0.25) is 11.9 Å². The van der Waals surface area contributed by atoms with Gasteiger partial charge in [-0.25, -0.2) is 4.68 Å². The fraction of sp³-hybridized carbons (Fsp3) is 0.538. The van der Waals surface area contributed by atoms with Gasteiger partial charge in [0.25, 0.3) is 5.95 Å². The molecule has 0 aromatic carbocycles. The lowest BCUT2D eigenvalue weighted by Crippen LogP contribution is -2.20. The van der Waals surface area contributed by atoms with Gasteiger partial charge in [-0.2, -0.15) is 20.1 Å². The molecule has 1 fully saturated rings. The summed E-state index contributed by atoms with van der Waals surface area (Å²) in [6.45, 7) is 1.60. The molecule has 0 unspecified atom stereocenters. The van der Waals surface area contributed by atoms with Crippen molar-refractivity contribution >= 4 is 11.9 Å². The second kappa shape index (κ2) is 5.65. The fourth-order valence-corrected chi connectivity index (χ4v) is 2.23. The van der Waals surface area contributed by atoms with Crippen molar-refractivity contribution < 1.29 is 4.74 Å². The molecule has 1 saturated carbocycles. The lowest BCUT2D eigenvalue weighted by Gasteiger charge is -2.15. The van der Waals surface area contributed by atoms with E-state index in [0.717, 1.165) is 19.6 Å². The minimum Gasteiger partial charge on any atom is -0.385 e. The number of ether oxygens (including phenoxy) is 1. The SMILES string of the molecule is COCCC1(CNc2nc(N)nc(-n3cccn3)n2)CC1. The van der Waals surface area contributed by atoms with Gasteiger partial charge in [-0.1, -0.05) is 0 Å². The molecule has 2 heterocycles. The van der Waals surface area contributed by atoms with Gasteiger partial charge in [0, 0.05) is 32.7 Å². The van der Waals surface area contributed by atoms with E-state index in [2.05, 4.69) is 25.4 Å². The molecule has 2 aromatic rings. The third kappa shape index (κ3) is 3.27. The van der Waals surface area contributed by atoms with E-state index in [4.69, 9.17) is 10.5 Å². The Morgan fingerprint density at radius 2 is 2.24 bits per heavy atom. The molecule has 21 heavy (non-hydrogen) atoms. The first-order valence-electron chi connectivity index (χ1n) is 6.95. The van der Waals surface area contributed by atoms with E-state index in [0.29, 0.717) is 17.3 Å². The van der Waals surface area contributed by atoms with E-state index in [1.54, 1.807) is 30.3 Å². The van der Waals surface area contributed by atoms with Gasteiger partial charge in [0.1, 0.15) is 0 Å². The van der Waals surface area contributed by atoms with Crippen LogP contribution in [0, 0.1) is 5.41 Å². The Balaban J connectivity index is 1.68. The molecule has 1 aliphatic carbocycles. The van der Waals surface area contributed by atoms with Crippen molar-refractivity contribution in [2.45, 2.75) is 19.3 Å². The molecule has 0 atom stereocenters. The molecule has 0 saturated heterocycles. The quantitative estimate of drug-likeness (QED) is 0.779. The highest BCUT2D eigenvalue weighted by molar-refractivity contribution is 5.35. The number of aromatic nitrogens is 5. The molecule has 8 heteroatoms. The summed E-state index contributed by atoms with van der Waals surface area (Å²) in [4.78, 5) is 12.6. The molecular formula is C13H19N7O. The normalized spacial score (nSPS) is 15.9. The number of nitrogens with zero attached hydrogens (tertiary/aromatic N) is 5. The number of rotatable bonds is 7. The van der Waals surface area contributed by atoms with Crippen LogP contribution in [-0.4, -0.2) is 45.0 Å². The van der Waals surface area contributed by atoms with Crippen LogP contribution in [0.15, 0.2) is 18.5 Å². The van der Waals surface area contributed by atoms with Crippen LogP contribution < -0.4 is 11.1 Å². The summed E-state index contributed by atoms with van der Waals surface area (Å²) in [5.41, 5.74) is 6.05. The number of nitrogen functional groups attached to an aromatic ring is 1. The second-order valence-electron chi connectivity index (χ2n) is 5.36. The zero-order valence-electron chi connectivity index (χ0n) is 12.0. The average Bonchev–Trinajstić information content (AvgIpc) is 3.03. The maximum absolute atomic E-state index is 5.74. The lowest BCUT2D eigenvalue weighted by atomic mass is 10.0. The Bertz CT molecular complexity index is 595. The van der Waals surface area contributed by atoms with Crippen LogP contribution in [0.1, 0.15) is 19.3 Å². The molecule has 0 aliphatic heterocycles. The monoisotopic (exact) mass is 289 g/mol. The van der Waals surface area contributed by atoms with E-state index < -0.39 is 0 Å². The summed E-state index contributed by atoms with van der Waals surface area (Å²) in [7, 11) is 1.73. The van der Waals surface area contributed by atoms with Gasteiger partial charge in [-0.05, 0) is 30.7 Å². The van der Waals surface area contributed by atoms with E-state index in [-0.39, 0.29) is 5.95 Å². The number of hydrogen-bond acceptors (Lipinski definition) is 7. The molecule has 2 aromatic heterocycles. The largest absolute Gasteiger partial charge is 0.385 e. The molecule has 1 aliphatic rings. The maximum atomic E-state index is 5.74. The van der Waals surface area contributed by atoms with Gasteiger partial charge in [-0.3, -0.25) is 0 Å². The highest BCUT2D eigenvalue weighted by Gasteiger charge is 2.41. The van der Waals surface area contributed by atoms with Crippen molar-refractivity contribution in [3.63, 3.8) is 0 Å². The Labute approximate surface area is 122 Å². The molecule has 0 amide bonds. The van der Waals surface area contributed by atoms with E-state index >= 15 is 0 Å². The van der Waals surface area contributed by atoms with E-state index in [9.17, 15) is 0 Å². The lowest BCUT2D eigenvalue weighted by molar-refractivity contribution is 0.174. The van der Waals surface area contributed by atoms with Crippen LogP contribution in [0.4, 0.5) is 11.9 Å². The van der Waals surface area contributed by atoms with Gasteiger partial charge >= 0.3 is 0 Å². The van der Waals surface area contributed by atoms with Crippen molar-refractivity contribution in [1.29, 1.82) is 0 Å². The molecular weight excluding hydrogens is 270 g/mol. The minimum atomic E-state index is 0.180. The Hall–Kier alpha value is -2.22. The highest BCUT2D eigenvalue weighted by atomic mass is 16.5. The smallest absolute Gasteiger partial charge is 0.257 e. The second-order valence-corrected chi connectivity index (χ2v) is 5.36. The number of nitrogens with two attached hydrogens (primary N) is 1. The minimum absolute atomic E-state index is 0.180. The Morgan fingerprint density at radius 1 is 1.38 bits per heavy atom. The summed E-state index contributed by atoms with van der Waals surface area (Å²) >= 11 is 0. The van der Waals surface area contributed by atoms with Crippen LogP contribution in [0.5, 0.6) is 0 Å². The van der Waals surface area contributed by atoms with Crippen molar-refractivity contribution in [2.75, 3.05) is 31.3 Å². The van der Waals surface area contributed by atoms with E-state index in [1.807, 2.05) is 0 Å². The van der Waals surface area contributed by atoms with Gasteiger partial charge in [0.05, 0.1) is 0 Å². The molecule has 3 rings (SSSR count). The van der Waals surface area contributed by atoms with E-state index in [1.165, 1.54) is 12.8 Å². The van der Waals surface area contributed by atoms with Crippen molar-refractivity contribution in [3.8, 4) is 5.95 Å². The zero-order valence-corrected chi connectivity index (χ0v) is 12.0. The third-order valence-electron chi connectivity index (χ3n) is 3.77. The summed E-state index contributed by atoms with van der Waals surface area (Å²) in [5.74, 6) is 1.08. The fourth-order valence-electron chi connectivity index (χ4n) is 2.23. The number of anilines is 2. The first kappa shape index (κ1) is 13.7. The maximum Gasteiger partial charge on any atom is 0.257 e. The number of nitrogens with one attached hydrogen (secondary N) is 1. The molecule has 8 nitrogen and oxygen atoms in total. The molecule has 0 bridgehead atoms. The van der Waals surface area contributed by atoms with Crippen molar-refractivity contribution in [2.24, 2.45) is 5.41 Å². The Morgan fingerprint density at radius 3 is 2.90 bits per heavy atom. The first-order chi connectivity index (χ1) is 10.2. The van der Waals surface area contributed by atoms with Gasteiger partial charge in [0.15, 0.2) is 0 Å². The molecule has 0 radical (unpaired) electrons. The number of methoxy groups -OCH3 is 1. The van der Waals surface area contributed by atoms with Gasteiger partial charge in [-0.15, -0.1) is 0 Å². The van der Waals surface area contributed by atoms with Crippen LogP contribution in [0.3, 0.4) is 0 Å². The summed E-state index contributed by atoms with van der Waals surface area (Å²) in [5, 5.41) is 7.36. The zero-order chi connectivity index (χ0) is 14.7. The average molecular weight is 289 g/mol. The summed E-state index contributed by atoms with van der Waals surface area (Å²) in [6, 6.07) is 1.80. The van der Waals surface area contributed by atoms with Gasteiger partial charge < -0.3 is 15.8 Å². The molecule has 3 N–H and O–H groups in total.